The summed E-state index contributed by atoms with van der Waals surface area (Å²) in [7, 11) is 7.62. The average Bonchev–Trinajstić information content (AvgIpc) is 3.03. The van der Waals surface area contributed by atoms with Gasteiger partial charge in [-0.2, -0.15) is 0 Å². The lowest BCUT2D eigenvalue weighted by atomic mass is 9.85. The lowest BCUT2D eigenvalue weighted by molar-refractivity contribution is -0.132. The third kappa shape index (κ3) is 8.58. The zero-order valence-electron chi connectivity index (χ0n) is 27.8. The maximum Gasteiger partial charge on any atom is 0.308 e. The molecular weight excluding hydrogens is 594 g/mol. The Morgan fingerprint density at radius 3 is 1.70 bits per heavy atom. The fraction of sp³-hybridized carbons (Fsp3) is 0.412. The minimum atomic E-state index is -0.940. The predicted molar refractivity (Wildman–Crippen MR) is 171 cm³/mol. The second kappa shape index (κ2) is 16.4. The highest BCUT2D eigenvalue weighted by Gasteiger charge is 2.31. The Morgan fingerprint density at radius 1 is 0.717 bits per heavy atom. The first-order chi connectivity index (χ1) is 22.0. The standard InChI is InChI=1S/C34H43N3O9/c1-19(2)16-24(37-34(40)31-32(46-21(4)38)27(43-7)14-15-35-31)33(39)36-20(3)30(22-10-12-25(41-5)28(17-22)44-8)23-11-13-26(42-6)29(18-23)45-9/h10-15,17-20,24,30H,16H2,1-9H3,(H,36,39)(H,37,40)/t20-,24-/m0/s1. The molecule has 0 bridgehead atoms. The molecule has 3 aromatic rings. The van der Waals surface area contributed by atoms with Gasteiger partial charge in [-0.25, -0.2) is 4.98 Å². The second-order valence-electron chi connectivity index (χ2n) is 10.9. The van der Waals surface area contributed by atoms with E-state index >= 15 is 0 Å². The number of rotatable bonds is 15. The molecule has 12 heteroatoms. The van der Waals surface area contributed by atoms with E-state index in [9.17, 15) is 14.4 Å². The van der Waals surface area contributed by atoms with Gasteiger partial charge in [0.15, 0.2) is 34.4 Å². The van der Waals surface area contributed by atoms with E-state index in [0.717, 1.165) is 11.1 Å². The molecule has 2 aromatic carbocycles. The summed E-state index contributed by atoms with van der Waals surface area (Å²) in [4.78, 5) is 43.3. The maximum absolute atomic E-state index is 13.9. The number of carbonyl (C=O) groups excluding carboxylic acids is 3. The number of pyridine rings is 1. The Bertz CT molecular complexity index is 1470. The van der Waals surface area contributed by atoms with Gasteiger partial charge < -0.3 is 39.1 Å². The van der Waals surface area contributed by atoms with E-state index in [1.165, 1.54) is 26.3 Å². The first-order valence-corrected chi connectivity index (χ1v) is 14.7. The van der Waals surface area contributed by atoms with E-state index in [2.05, 4.69) is 15.6 Å². The van der Waals surface area contributed by atoms with Crippen LogP contribution in [0.2, 0.25) is 0 Å². The molecule has 0 fully saturated rings. The molecule has 12 nitrogen and oxygen atoms in total. The number of nitrogens with one attached hydrogen (secondary N) is 2. The van der Waals surface area contributed by atoms with Crippen LogP contribution in [0.5, 0.6) is 34.5 Å². The highest BCUT2D eigenvalue weighted by Crippen LogP contribution is 2.38. The van der Waals surface area contributed by atoms with Gasteiger partial charge in [-0.05, 0) is 54.7 Å². The van der Waals surface area contributed by atoms with Crippen LogP contribution in [0.1, 0.15) is 61.6 Å². The van der Waals surface area contributed by atoms with E-state index in [-0.39, 0.29) is 29.0 Å². The van der Waals surface area contributed by atoms with Crippen LogP contribution in [0.15, 0.2) is 48.7 Å². The Hall–Kier alpha value is -5.00. The van der Waals surface area contributed by atoms with Gasteiger partial charge in [-0.1, -0.05) is 26.0 Å². The van der Waals surface area contributed by atoms with Gasteiger partial charge >= 0.3 is 5.97 Å². The molecule has 3 rings (SSSR count). The molecule has 0 unspecified atom stereocenters. The number of hydrogen-bond donors (Lipinski definition) is 2. The van der Waals surface area contributed by atoms with E-state index in [4.69, 9.17) is 28.4 Å². The molecule has 0 radical (unpaired) electrons. The van der Waals surface area contributed by atoms with Crippen molar-refractivity contribution in [2.75, 3.05) is 35.5 Å². The van der Waals surface area contributed by atoms with Crippen LogP contribution in [0.4, 0.5) is 0 Å². The molecule has 0 spiro atoms. The van der Waals surface area contributed by atoms with Gasteiger partial charge in [0.1, 0.15) is 6.04 Å². The number of nitrogens with zero attached hydrogens (tertiary/aromatic N) is 1. The van der Waals surface area contributed by atoms with Crippen molar-refractivity contribution in [3.63, 3.8) is 0 Å². The summed E-state index contributed by atoms with van der Waals surface area (Å²) >= 11 is 0. The van der Waals surface area contributed by atoms with Crippen LogP contribution in [0, 0.1) is 5.92 Å². The monoisotopic (exact) mass is 637 g/mol. The van der Waals surface area contributed by atoms with Crippen LogP contribution >= 0.6 is 0 Å². The molecule has 2 atom stereocenters. The van der Waals surface area contributed by atoms with E-state index in [1.807, 2.05) is 45.0 Å². The van der Waals surface area contributed by atoms with Gasteiger partial charge in [-0.15, -0.1) is 0 Å². The molecule has 0 aliphatic heterocycles. The molecule has 0 saturated carbocycles. The Morgan fingerprint density at radius 2 is 1.24 bits per heavy atom. The van der Waals surface area contributed by atoms with Crippen molar-refractivity contribution in [3.05, 3.63) is 65.5 Å². The molecule has 0 saturated heterocycles. The summed E-state index contributed by atoms with van der Waals surface area (Å²) < 4.78 is 32.5. The topological polar surface area (TPSA) is 144 Å². The van der Waals surface area contributed by atoms with Gasteiger partial charge in [-0.3, -0.25) is 14.4 Å². The zero-order chi connectivity index (χ0) is 34.0. The minimum Gasteiger partial charge on any atom is -0.493 e. The van der Waals surface area contributed by atoms with Crippen molar-refractivity contribution in [2.45, 2.75) is 52.1 Å². The number of aromatic nitrogens is 1. The van der Waals surface area contributed by atoms with Crippen LogP contribution in [0.25, 0.3) is 0 Å². The van der Waals surface area contributed by atoms with Crippen molar-refractivity contribution in [1.82, 2.24) is 15.6 Å². The first kappa shape index (κ1) is 35.5. The van der Waals surface area contributed by atoms with Gasteiger partial charge in [0, 0.05) is 31.1 Å². The fourth-order valence-electron chi connectivity index (χ4n) is 5.20. The van der Waals surface area contributed by atoms with Gasteiger partial charge in [0.2, 0.25) is 11.7 Å². The number of esters is 1. The fourth-order valence-corrected chi connectivity index (χ4v) is 5.20. The summed E-state index contributed by atoms with van der Waals surface area (Å²) in [6.07, 6.45) is 1.69. The van der Waals surface area contributed by atoms with Crippen molar-refractivity contribution in [1.29, 1.82) is 0 Å². The molecule has 2 N–H and O–H groups in total. The van der Waals surface area contributed by atoms with E-state index < -0.39 is 29.9 Å². The summed E-state index contributed by atoms with van der Waals surface area (Å²) in [6.45, 7) is 6.98. The summed E-state index contributed by atoms with van der Waals surface area (Å²) in [5, 5.41) is 5.90. The normalized spacial score (nSPS) is 12.2. The summed E-state index contributed by atoms with van der Waals surface area (Å²) in [5.41, 5.74) is 1.50. The highest BCUT2D eigenvalue weighted by molar-refractivity contribution is 5.99. The van der Waals surface area contributed by atoms with Crippen LogP contribution in [-0.2, 0) is 9.59 Å². The number of hydrogen-bond acceptors (Lipinski definition) is 10. The second-order valence-corrected chi connectivity index (χ2v) is 10.9. The minimum absolute atomic E-state index is 0.0464. The number of amides is 2. The van der Waals surface area contributed by atoms with Crippen LogP contribution in [-0.4, -0.2) is 70.4 Å². The predicted octanol–water partition coefficient (Wildman–Crippen LogP) is 4.53. The summed E-state index contributed by atoms with van der Waals surface area (Å²) in [5.74, 6) is 0.127. The maximum atomic E-state index is 13.9. The van der Waals surface area contributed by atoms with Crippen molar-refractivity contribution in [2.24, 2.45) is 5.92 Å². The molecule has 1 aromatic heterocycles. The molecular formula is C34H43N3O9. The van der Waals surface area contributed by atoms with Gasteiger partial charge in [0.25, 0.3) is 5.91 Å². The number of methoxy groups -OCH3 is 5. The number of ether oxygens (including phenoxy) is 6. The molecule has 248 valence electrons. The quantitative estimate of drug-likeness (QED) is 0.228. The molecule has 0 aliphatic rings. The van der Waals surface area contributed by atoms with Crippen molar-refractivity contribution in [3.8, 4) is 34.5 Å². The average molecular weight is 638 g/mol. The van der Waals surface area contributed by atoms with Crippen LogP contribution < -0.4 is 39.1 Å². The third-order valence-corrected chi connectivity index (χ3v) is 7.28. The Balaban J connectivity index is 2.00. The SMILES string of the molecule is COc1ccc(C(c2ccc(OC)c(OC)c2)[C@H](C)NC(=O)[C@H](CC(C)C)NC(=O)c2nccc(OC)c2OC(C)=O)cc1OC. The third-order valence-electron chi connectivity index (χ3n) is 7.28. The lowest BCUT2D eigenvalue weighted by Gasteiger charge is -2.29. The van der Waals surface area contributed by atoms with E-state index in [1.54, 1.807) is 40.6 Å². The lowest BCUT2D eigenvalue weighted by Crippen LogP contribution is -2.51. The molecule has 2 amide bonds. The molecule has 1 heterocycles. The molecule has 0 aliphatic carbocycles. The first-order valence-electron chi connectivity index (χ1n) is 14.7. The number of carbonyl (C=O) groups is 3. The van der Waals surface area contributed by atoms with Gasteiger partial charge in [0.05, 0.1) is 35.5 Å². The Kier molecular flexibility index (Phi) is 12.6. The Labute approximate surface area is 269 Å². The highest BCUT2D eigenvalue weighted by atomic mass is 16.6. The number of benzene rings is 2. The summed E-state index contributed by atoms with van der Waals surface area (Å²) in [6, 6.07) is 11.2. The largest absolute Gasteiger partial charge is 0.493 e. The zero-order valence-corrected chi connectivity index (χ0v) is 27.8. The molecule has 46 heavy (non-hydrogen) atoms. The van der Waals surface area contributed by atoms with E-state index in [0.29, 0.717) is 29.4 Å². The van der Waals surface area contributed by atoms with Crippen LogP contribution in [0.3, 0.4) is 0 Å². The van der Waals surface area contributed by atoms with Crippen molar-refractivity contribution >= 4 is 17.8 Å². The van der Waals surface area contributed by atoms with Crippen molar-refractivity contribution < 1.29 is 42.8 Å². The smallest absolute Gasteiger partial charge is 0.308 e.